The van der Waals surface area contributed by atoms with Gasteiger partial charge in [0.1, 0.15) is 11.4 Å². The molecule has 0 radical (unpaired) electrons. The fourth-order valence-electron chi connectivity index (χ4n) is 5.56. The second kappa shape index (κ2) is 8.51. The highest BCUT2D eigenvalue weighted by Gasteiger charge is 2.49. The number of hydrogen-bond donors (Lipinski definition) is 2. The summed E-state index contributed by atoms with van der Waals surface area (Å²) < 4.78 is 7.19. The molecule has 2 saturated heterocycles. The Morgan fingerprint density at radius 3 is 2.61 bits per heavy atom. The molecule has 1 spiro atoms. The first kappa shape index (κ1) is 22.3. The molecule has 1 aromatic carbocycles. The number of H-pyrrole nitrogens is 1. The molecule has 0 atom stereocenters. The summed E-state index contributed by atoms with van der Waals surface area (Å²) in [5.41, 5.74) is 2.85. The van der Waals surface area contributed by atoms with Gasteiger partial charge >= 0.3 is 0 Å². The van der Waals surface area contributed by atoms with E-state index in [2.05, 4.69) is 20.6 Å². The molecule has 186 valence electrons. The molecule has 3 aliphatic heterocycles. The Kier molecular flexibility index (Phi) is 5.27. The lowest BCUT2D eigenvalue weighted by atomic mass is 9.77. The largest absolute Gasteiger partial charge is 0.496 e. The van der Waals surface area contributed by atoms with Crippen molar-refractivity contribution in [3.05, 3.63) is 48.0 Å². The van der Waals surface area contributed by atoms with E-state index in [4.69, 9.17) is 4.74 Å². The minimum atomic E-state index is -0.472. The number of hydrogen-bond acceptors (Lipinski definition) is 6. The van der Waals surface area contributed by atoms with E-state index in [0.29, 0.717) is 57.0 Å². The van der Waals surface area contributed by atoms with E-state index in [9.17, 15) is 14.4 Å². The molecular formula is C25H27N7O4. The van der Waals surface area contributed by atoms with Crippen molar-refractivity contribution in [3.8, 4) is 16.9 Å². The van der Waals surface area contributed by atoms with Crippen LogP contribution in [0.3, 0.4) is 0 Å². The summed E-state index contributed by atoms with van der Waals surface area (Å²) in [6.45, 7) is 2.65. The fourth-order valence-corrected chi connectivity index (χ4v) is 5.56. The smallest absolute Gasteiger partial charge is 0.274 e. The number of carbonyl (C=O) groups excluding carboxylic acids is 3. The van der Waals surface area contributed by atoms with Crippen LogP contribution in [0.25, 0.3) is 11.1 Å². The number of benzene rings is 1. The molecule has 11 heteroatoms. The van der Waals surface area contributed by atoms with Crippen LogP contribution in [0, 0.1) is 5.41 Å². The SMILES string of the molecule is COc1cc(N2CCC3(CCN(C(=O)c4cc5n(n4)CCNC5=O)CC3)C2=O)ccc1-c1cn[nH]c1. The maximum absolute atomic E-state index is 13.6. The predicted octanol–water partition coefficient (Wildman–Crippen LogP) is 1.68. The lowest BCUT2D eigenvalue weighted by Gasteiger charge is -2.37. The standard InChI is InChI=1S/C25H27N7O4/c1-36-21-12-17(2-3-18(21)16-14-27-28-15-16)31-10-6-25(24(31)35)4-8-30(9-5-25)23(34)19-13-20-22(33)26-7-11-32(20)29-19/h2-3,12-15H,4-11H2,1H3,(H,26,33)(H,27,28). The summed E-state index contributed by atoms with van der Waals surface area (Å²) in [4.78, 5) is 42.3. The van der Waals surface area contributed by atoms with E-state index >= 15 is 0 Å². The number of nitrogens with zero attached hydrogens (tertiary/aromatic N) is 5. The zero-order valence-corrected chi connectivity index (χ0v) is 20.0. The van der Waals surface area contributed by atoms with Crippen molar-refractivity contribution in [3.63, 3.8) is 0 Å². The first-order valence-corrected chi connectivity index (χ1v) is 12.1. The minimum absolute atomic E-state index is 0.0989. The minimum Gasteiger partial charge on any atom is -0.496 e. The third-order valence-electron chi connectivity index (χ3n) is 7.67. The molecule has 0 bridgehead atoms. The molecule has 0 unspecified atom stereocenters. The van der Waals surface area contributed by atoms with Gasteiger partial charge in [-0.3, -0.25) is 24.2 Å². The summed E-state index contributed by atoms with van der Waals surface area (Å²) in [5, 5.41) is 13.9. The highest BCUT2D eigenvalue weighted by Crippen LogP contribution is 2.44. The number of rotatable bonds is 4. The van der Waals surface area contributed by atoms with E-state index in [1.807, 2.05) is 23.1 Å². The molecule has 2 N–H and O–H groups in total. The topological polar surface area (TPSA) is 125 Å². The molecule has 2 fully saturated rings. The molecular weight excluding hydrogens is 462 g/mol. The number of fused-ring (bicyclic) bond motifs is 1. The fraction of sp³-hybridized carbons (Fsp3) is 0.400. The zero-order valence-electron chi connectivity index (χ0n) is 20.0. The Bertz CT molecular complexity index is 1340. The second-order valence-electron chi connectivity index (χ2n) is 9.54. The van der Waals surface area contributed by atoms with Gasteiger partial charge in [-0.05, 0) is 31.4 Å². The average Bonchev–Trinajstić information content (AvgIpc) is 3.65. The van der Waals surface area contributed by atoms with Gasteiger partial charge in [-0.25, -0.2) is 0 Å². The van der Waals surface area contributed by atoms with Crippen LogP contribution >= 0.6 is 0 Å². The maximum atomic E-state index is 13.6. The Labute approximate surface area is 207 Å². The zero-order chi connectivity index (χ0) is 24.9. The van der Waals surface area contributed by atoms with Crippen molar-refractivity contribution in [1.29, 1.82) is 0 Å². The quantitative estimate of drug-likeness (QED) is 0.575. The van der Waals surface area contributed by atoms with Crippen LogP contribution in [0.1, 0.15) is 40.2 Å². The van der Waals surface area contributed by atoms with Gasteiger partial charge in [0.2, 0.25) is 5.91 Å². The number of amides is 3. The molecule has 5 heterocycles. The number of aromatic nitrogens is 4. The molecule has 11 nitrogen and oxygen atoms in total. The van der Waals surface area contributed by atoms with Gasteiger partial charge in [0.25, 0.3) is 11.8 Å². The normalized spacial score (nSPS) is 18.9. The Morgan fingerprint density at radius 1 is 1.08 bits per heavy atom. The number of piperidine rings is 1. The third-order valence-corrected chi connectivity index (χ3v) is 7.67. The first-order valence-electron chi connectivity index (χ1n) is 12.1. The van der Waals surface area contributed by atoms with Crippen LogP contribution in [0.5, 0.6) is 5.75 Å². The van der Waals surface area contributed by atoms with Gasteiger partial charge in [0.15, 0.2) is 5.69 Å². The number of ether oxygens (including phenoxy) is 1. The average molecular weight is 490 g/mol. The number of methoxy groups -OCH3 is 1. The van der Waals surface area contributed by atoms with Gasteiger partial charge in [-0.15, -0.1) is 0 Å². The number of anilines is 1. The van der Waals surface area contributed by atoms with Crippen LogP contribution in [0.2, 0.25) is 0 Å². The lowest BCUT2D eigenvalue weighted by molar-refractivity contribution is -0.127. The van der Waals surface area contributed by atoms with Crippen molar-refractivity contribution < 1.29 is 19.1 Å². The van der Waals surface area contributed by atoms with Crippen LogP contribution in [-0.4, -0.2) is 75.9 Å². The van der Waals surface area contributed by atoms with Crippen LogP contribution in [0.15, 0.2) is 36.7 Å². The van der Waals surface area contributed by atoms with E-state index in [1.165, 1.54) is 0 Å². The van der Waals surface area contributed by atoms with Gasteiger partial charge in [0, 0.05) is 61.3 Å². The molecule has 3 aliphatic rings. The second-order valence-corrected chi connectivity index (χ2v) is 9.54. The van der Waals surface area contributed by atoms with Gasteiger partial charge in [-0.2, -0.15) is 10.2 Å². The Balaban J connectivity index is 1.15. The summed E-state index contributed by atoms with van der Waals surface area (Å²) in [7, 11) is 1.62. The maximum Gasteiger partial charge on any atom is 0.274 e. The van der Waals surface area contributed by atoms with E-state index in [1.54, 1.807) is 35.2 Å². The Hall–Kier alpha value is -4.15. The summed E-state index contributed by atoms with van der Waals surface area (Å²) in [6, 6.07) is 7.35. The van der Waals surface area contributed by atoms with Crippen molar-refractivity contribution in [2.45, 2.75) is 25.8 Å². The van der Waals surface area contributed by atoms with Crippen molar-refractivity contribution in [2.24, 2.45) is 5.41 Å². The van der Waals surface area contributed by atoms with Crippen molar-refractivity contribution in [2.75, 3.05) is 38.2 Å². The van der Waals surface area contributed by atoms with Crippen molar-refractivity contribution in [1.82, 2.24) is 30.2 Å². The molecule has 0 aliphatic carbocycles. The molecule has 0 saturated carbocycles. The molecule has 6 rings (SSSR count). The lowest BCUT2D eigenvalue weighted by Crippen LogP contribution is -2.46. The monoisotopic (exact) mass is 489 g/mol. The molecule has 36 heavy (non-hydrogen) atoms. The number of aromatic amines is 1. The van der Waals surface area contributed by atoms with E-state index in [0.717, 1.165) is 23.2 Å². The molecule has 3 aromatic rings. The predicted molar refractivity (Wildman–Crippen MR) is 130 cm³/mol. The summed E-state index contributed by atoms with van der Waals surface area (Å²) >= 11 is 0. The summed E-state index contributed by atoms with van der Waals surface area (Å²) in [5.74, 6) is 0.374. The Morgan fingerprint density at radius 2 is 1.89 bits per heavy atom. The summed E-state index contributed by atoms with van der Waals surface area (Å²) in [6.07, 6.45) is 5.49. The number of likely N-dealkylation sites (tertiary alicyclic amines) is 1. The van der Waals surface area contributed by atoms with Gasteiger partial charge < -0.3 is 19.9 Å². The highest BCUT2D eigenvalue weighted by molar-refractivity contribution is 6.01. The number of carbonyl (C=O) groups is 3. The van der Waals surface area contributed by atoms with E-state index in [-0.39, 0.29) is 23.4 Å². The number of nitrogens with one attached hydrogen (secondary N) is 2. The third kappa shape index (κ3) is 3.53. The van der Waals surface area contributed by atoms with Gasteiger partial charge in [0.05, 0.1) is 25.3 Å². The van der Waals surface area contributed by atoms with Gasteiger partial charge in [-0.1, -0.05) is 0 Å². The highest BCUT2D eigenvalue weighted by atomic mass is 16.5. The van der Waals surface area contributed by atoms with Crippen molar-refractivity contribution >= 4 is 23.4 Å². The van der Waals surface area contributed by atoms with Crippen LogP contribution in [-0.2, 0) is 11.3 Å². The van der Waals surface area contributed by atoms with Crippen LogP contribution in [0.4, 0.5) is 5.69 Å². The molecule has 2 aromatic heterocycles. The first-order chi connectivity index (χ1) is 17.5. The van der Waals surface area contributed by atoms with E-state index < -0.39 is 5.41 Å². The molecule has 3 amide bonds. The van der Waals surface area contributed by atoms with Crippen LogP contribution < -0.4 is 15.0 Å².